The Labute approximate surface area is 179 Å². The number of hydrazine groups is 1. The van der Waals surface area contributed by atoms with Crippen LogP contribution in [0.15, 0.2) is 85.2 Å². The third-order valence-electron chi connectivity index (χ3n) is 4.35. The Morgan fingerprint density at radius 1 is 0.806 bits per heavy atom. The summed E-state index contributed by atoms with van der Waals surface area (Å²) in [5.41, 5.74) is 6.69. The van der Waals surface area contributed by atoms with Gasteiger partial charge in [0.25, 0.3) is 11.8 Å². The molecule has 3 aromatic rings. The Morgan fingerprint density at radius 3 is 2.06 bits per heavy atom. The maximum atomic E-state index is 12.7. The second kappa shape index (κ2) is 11.1. The second-order valence-corrected chi connectivity index (χ2v) is 6.63. The largest absolute Gasteiger partial charge is 0.445 e. The van der Waals surface area contributed by atoms with Crippen LogP contribution in [0.2, 0.25) is 0 Å². The Hall–Kier alpha value is -4.20. The van der Waals surface area contributed by atoms with E-state index in [-0.39, 0.29) is 13.0 Å². The van der Waals surface area contributed by atoms with Gasteiger partial charge in [0.15, 0.2) is 0 Å². The van der Waals surface area contributed by atoms with Crippen molar-refractivity contribution < 1.29 is 19.1 Å². The van der Waals surface area contributed by atoms with Gasteiger partial charge in [0.1, 0.15) is 12.6 Å². The van der Waals surface area contributed by atoms with Crippen molar-refractivity contribution in [2.75, 3.05) is 0 Å². The van der Waals surface area contributed by atoms with E-state index in [4.69, 9.17) is 4.74 Å². The van der Waals surface area contributed by atoms with E-state index in [1.165, 1.54) is 24.5 Å². The van der Waals surface area contributed by atoms with Gasteiger partial charge in [-0.1, -0.05) is 60.7 Å². The van der Waals surface area contributed by atoms with Gasteiger partial charge in [-0.3, -0.25) is 25.4 Å². The van der Waals surface area contributed by atoms with Crippen LogP contribution < -0.4 is 16.2 Å². The SMILES string of the molecule is O=C(N[C@@H](Cc1ccccc1)C(=O)NNC(=O)c1ccncc1)OCc1ccccc1. The van der Waals surface area contributed by atoms with E-state index in [9.17, 15) is 14.4 Å². The molecular formula is C23H22N4O4. The number of carbonyl (C=O) groups excluding carboxylic acids is 3. The molecule has 1 aromatic heterocycles. The smallest absolute Gasteiger partial charge is 0.408 e. The average Bonchev–Trinajstić information content (AvgIpc) is 2.82. The third-order valence-corrected chi connectivity index (χ3v) is 4.35. The van der Waals surface area contributed by atoms with E-state index in [0.717, 1.165) is 11.1 Å². The van der Waals surface area contributed by atoms with Crippen LogP contribution in [0.3, 0.4) is 0 Å². The van der Waals surface area contributed by atoms with Crippen molar-refractivity contribution in [1.29, 1.82) is 0 Å². The van der Waals surface area contributed by atoms with E-state index in [2.05, 4.69) is 21.2 Å². The molecule has 8 nitrogen and oxygen atoms in total. The minimum atomic E-state index is -0.955. The summed E-state index contributed by atoms with van der Waals surface area (Å²) in [7, 11) is 0. The predicted molar refractivity (Wildman–Crippen MR) is 114 cm³/mol. The van der Waals surface area contributed by atoms with E-state index in [1.54, 1.807) is 0 Å². The molecule has 0 radical (unpaired) electrons. The molecule has 2 aromatic carbocycles. The number of pyridine rings is 1. The molecule has 158 valence electrons. The molecule has 0 spiro atoms. The van der Waals surface area contributed by atoms with Gasteiger partial charge in [-0.2, -0.15) is 0 Å². The topological polar surface area (TPSA) is 109 Å². The number of carbonyl (C=O) groups is 3. The van der Waals surface area contributed by atoms with Gasteiger partial charge < -0.3 is 10.1 Å². The number of ether oxygens (including phenoxy) is 1. The summed E-state index contributed by atoms with van der Waals surface area (Å²) < 4.78 is 5.22. The molecular weight excluding hydrogens is 396 g/mol. The van der Waals surface area contributed by atoms with Crippen LogP contribution in [0.25, 0.3) is 0 Å². The van der Waals surface area contributed by atoms with Crippen LogP contribution >= 0.6 is 0 Å². The van der Waals surface area contributed by atoms with Crippen LogP contribution in [-0.2, 0) is 22.6 Å². The summed E-state index contributed by atoms with van der Waals surface area (Å²) in [6.45, 7) is 0.0745. The van der Waals surface area contributed by atoms with E-state index in [1.807, 2.05) is 60.7 Å². The number of nitrogens with zero attached hydrogens (tertiary/aromatic N) is 1. The van der Waals surface area contributed by atoms with Crippen LogP contribution in [-0.4, -0.2) is 28.9 Å². The van der Waals surface area contributed by atoms with Crippen molar-refractivity contribution in [2.45, 2.75) is 19.1 Å². The number of hydrogen-bond donors (Lipinski definition) is 3. The molecule has 0 bridgehead atoms. The molecule has 8 heteroatoms. The summed E-state index contributed by atoms with van der Waals surface area (Å²) in [5.74, 6) is -1.08. The second-order valence-electron chi connectivity index (χ2n) is 6.63. The number of benzene rings is 2. The lowest BCUT2D eigenvalue weighted by molar-refractivity contribution is -0.123. The number of alkyl carbamates (subject to hydrolysis) is 1. The first-order valence-corrected chi connectivity index (χ1v) is 9.63. The molecule has 1 heterocycles. The molecule has 0 aliphatic heterocycles. The maximum absolute atomic E-state index is 12.7. The van der Waals surface area contributed by atoms with Crippen LogP contribution in [0.4, 0.5) is 4.79 Å². The quantitative estimate of drug-likeness (QED) is 0.511. The Morgan fingerprint density at radius 2 is 1.42 bits per heavy atom. The third kappa shape index (κ3) is 6.97. The first-order chi connectivity index (χ1) is 15.1. The van der Waals surface area contributed by atoms with Crippen molar-refractivity contribution in [3.8, 4) is 0 Å². The summed E-state index contributed by atoms with van der Waals surface area (Å²) in [6, 6.07) is 20.5. The highest BCUT2D eigenvalue weighted by Gasteiger charge is 2.22. The molecule has 1 atom stereocenters. The van der Waals surface area contributed by atoms with Gasteiger partial charge in [-0.25, -0.2) is 4.79 Å². The highest BCUT2D eigenvalue weighted by Crippen LogP contribution is 2.05. The maximum Gasteiger partial charge on any atom is 0.408 e. The molecule has 3 N–H and O–H groups in total. The first-order valence-electron chi connectivity index (χ1n) is 9.63. The first kappa shape index (κ1) is 21.5. The van der Waals surface area contributed by atoms with Gasteiger partial charge in [-0.05, 0) is 23.3 Å². The molecule has 0 saturated carbocycles. The minimum absolute atomic E-state index is 0.0745. The number of amides is 3. The lowest BCUT2D eigenvalue weighted by Crippen LogP contribution is -2.53. The van der Waals surface area contributed by atoms with Gasteiger partial charge in [0.2, 0.25) is 0 Å². The minimum Gasteiger partial charge on any atom is -0.445 e. The number of hydrogen-bond acceptors (Lipinski definition) is 5. The van der Waals surface area contributed by atoms with E-state index < -0.39 is 23.9 Å². The van der Waals surface area contributed by atoms with E-state index >= 15 is 0 Å². The van der Waals surface area contributed by atoms with Crippen molar-refractivity contribution in [3.63, 3.8) is 0 Å². The fourth-order valence-corrected chi connectivity index (χ4v) is 2.75. The molecule has 0 aliphatic rings. The van der Waals surface area contributed by atoms with Crippen molar-refractivity contribution in [1.82, 2.24) is 21.2 Å². The zero-order valence-corrected chi connectivity index (χ0v) is 16.7. The molecule has 0 aliphatic carbocycles. The molecule has 31 heavy (non-hydrogen) atoms. The van der Waals surface area contributed by atoms with Crippen LogP contribution in [0.1, 0.15) is 21.5 Å². The van der Waals surface area contributed by atoms with Gasteiger partial charge in [-0.15, -0.1) is 0 Å². The van der Waals surface area contributed by atoms with Crippen molar-refractivity contribution in [2.24, 2.45) is 0 Å². The number of nitrogens with one attached hydrogen (secondary N) is 3. The lowest BCUT2D eigenvalue weighted by Gasteiger charge is -2.19. The Kier molecular flexibility index (Phi) is 7.70. The summed E-state index contributed by atoms with van der Waals surface area (Å²) in [6.07, 6.45) is 2.43. The lowest BCUT2D eigenvalue weighted by atomic mass is 10.1. The fraction of sp³-hybridized carbons (Fsp3) is 0.130. The summed E-state index contributed by atoms with van der Waals surface area (Å²) in [5, 5.41) is 2.56. The predicted octanol–water partition coefficient (Wildman–Crippen LogP) is 2.38. The zero-order valence-electron chi connectivity index (χ0n) is 16.7. The average molecular weight is 418 g/mol. The van der Waals surface area contributed by atoms with Crippen LogP contribution in [0.5, 0.6) is 0 Å². The number of rotatable bonds is 7. The molecule has 0 fully saturated rings. The fourth-order valence-electron chi connectivity index (χ4n) is 2.75. The van der Waals surface area contributed by atoms with E-state index in [0.29, 0.717) is 5.56 Å². The molecule has 3 rings (SSSR count). The highest BCUT2D eigenvalue weighted by atomic mass is 16.5. The molecule has 0 saturated heterocycles. The standard InChI is InChI=1S/C23H22N4O4/c28-21(19-11-13-24-14-12-19)26-27-22(29)20(15-17-7-3-1-4-8-17)25-23(30)31-16-18-9-5-2-6-10-18/h1-14,20H,15-16H2,(H,25,30)(H,26,28)(H,27,29)/t20-/m0/s1. The Balaban J connectivity index is 1.60. The van der Waals surface area contributed by atoms with Gasteiger partial charge >= 0.3 is 6.09 Å². The Bertz CT molecular complexity index is 998. The van der Waals surface area contributed by atoms with Gasteiger partial charge in [0.05, 0.1) is 0 Å². The van der Waals surface area contributed by atoms with Crippen molar-refractivity contribution >= 4 is 17.9 Å². The van der Waals surface area contributed by atoms with Gasteiger partial charge in [0, 0.05) is 24.4 Å². The normalized spacial score (nSPS) is 11.1. The monoisotopic (exact) mass is 418 g/mol. The number of aromatic nitrogens is 1. The van der Waals surface area contributed by atoms with Crippen molar-refractivity contribution in [3.05, 3.63) is 102 Å². The summed E-state index contributed by atoms with van der Waals surface area (Å²) >= 11 is 0. The zero-order chi connectivity index (χ0) is 21.9. The highest BCUT2D eigenvalue weighted by molar-refractivity contribution is 5.96. The van der Waals surface area contributed by atoms with Crippen LogP contribution in [0, 0.1) is 0 Å². The summed E-state index contributed by atoms with van der Waals surface area (Å²) in [4.78, 5) is 40.9. The molecule has 3 amide bonds. The molecule has 0 unspecified atom stereocenters.